The quantitative estimate of drug-likeness (QED) is 0.262. The zero-order chi connectivity index (χ0) is 19.2. The molecule has 1 fully saturated rings. The van der Waals surface area contributed by atoms with Crippen molar-refractivity contribution in [2.75, 3.05) is 5.75 Å². The molecule has 0 aromatic carbocycles. The third kappa shape index (κ3) is 6.54. The van der Waals surface area contributed by atoms with Gasteiger partial charge in [0.15, 0.2) is 0 Å². The molecule has 0 unspecified atom stereocenters. The molecule has 0 radical (unpaired) electrons. The minimum atomic E-state index is -1.14. The number of nitrogens with one attached hydrogen (secondary N) is 2. The predicted octanol–water partition coefficient (Wildman–Crippen LogP) is -0.647. The molecule has 25 heavy (non-hydrogen) atoms. The number of carboxylic acid groups (broad SMARTS) is 2. The maximum absolute atomic E-state index is 12.2. The number of carbonyl (C=O) groups is 4. The Hall–Kier alpha value is -1.81. The van der Waals surface area contributed by atoms with Crippen molar-refractivity contribution in [3.8, 4) is 0 Å². The van der Waals surface area contributed by atoms with Crippen molar-refractivity contribution < 1.29 is 29.4 Å². The Labute approximate surface area is 151 Å². The molecule has 1 aliphatic rings. The highest BCUT2D eigenvalue weighted by molar-refractivity contribution is 7.80. The van der Waals surface area contributed by atoms with Crippen LogP contribution in [0.4, 0.5) is 0 Å². The molecule has 2 amide bonds. The SMILES string of the molecule is CC1([C@@H](NC(=O)[C@H](CS)NC(=O)CCC[C@H](N)C(=O)O)C(=O)O)CC1. The van der Waals surface area contributed by atoms with Crippen LogP contribution in [0.15, 0.2) is 0 Å². The minimum absolute atomic E-state index is 0.00919. The topological polar surface area (TPSA) is 159 Å². The summed E-state index contributed by atoms with van der Waals surface area (Å²) in [6.45, 7) is 1.78. The van der Waals surface area contributed by atoms with Gasteiger partial charge in [-0.3, -0.25) is 14.4 Å². The zero-order valence-electron chi connectivity index (χ0n) is 14.0. The van der Waals surface area contributed by atoms with Crippen LogP contribution in [0.25, 0.3) is 0 Å². The molecule has 142 valence electrons. The van der Waals surface area contributed by atoms with Gasteiger partial charge in [-0.2, -0.15) is 12.6 Å². The second-order valence-electron chi connectivity index (χ2n) is 6.57. The Balaban J connectivity index is 2.48. The van der Waals surface area contributed by atoms with E-state index in [9.17, 15) is 24.3 Å². The highest BCUT2D eigenvalue weighted by atomic mass is 32.1. The number of hydrogen-bond acceptors (Lipinski definition) is 6. The lowest BCUT2D eigenvalue weighted by Crippen LogP contribution is -2.54. The van der Waals surface area contributed by atoms with Gasteiger partial charge in [0, 0.05) is 12.2 Å². The van der Waals surface area contributed by atoms with Gasteiger partial charge in [-0.1, -0.05) is 6.92 Å². The molecule has 1 aliphatic carbocycles. The first kappa shape index (κ1) is 21.2. The fourth-order valence-corrected chi connectivity index (χ4v) is 2.59. The molecule has 6 N–H and O–H groups in total. The lowest BCUT2D eigenvalue weighted by Gasteiger charge is -2.24. The van der Waals surface area contributed by atoms with E-state index in [0.717, 1.165) is 0 Å². The van der Waals surface area contributed by atoms with Crippen LogP contribution in [0.2, 0.25) is 0 Å². The van der Waals surface area contributed by atoms with Crippen LogP contribution >= 0.6 is 12.6 Å². The smallest absolute Gasteiger partial charge is 0.326 e. The molecule has 0 aromatic heterocycles. The second-order valence-corrected chi connectivity index (χ2v) is 6.94. The van der Waals surface area contributed by atoms with E-state index in [0.29, 0.717) is 12.8 Å². The number of rotatable bonds is 11. The molecule has 0 aromatic rings. The fraction of sp³-hybridized carbons (Fsp3) is 0.733. The lowest BCUT2D eigenvalue weighted by molar-refractivity contribution is -0.144. The normalized spacial score (nSPS) is 18.5. The highest BCUT2D eigenvalue weighted by Crippen LogP contribution is 2.48. The summed E-state index contributed by atoms with van der Waals surface area (Å²) in [6.07, 6.45) is 1.84. The average molecular weight is 375 g/mol. The Kier molecular flexibility index (Phi) is 7.68. The van der Waals surface area contributed by atoms with Crippen molar-refractivity contribution in [1.29, 1.82) is 0 Å². The van der Waals surface area contributed by atoms with Crippen molar-refractivity contribution in [1.82, 2.24) is 10.6 Å². The van der Waals surface area contributed by atoms with E-state index in [2.05, 4.69) is 23.3 Å². The van der Waals surface area contributed by atoms with Crippen molar-refractivity contribution in [2.24, 2.45) is 11.1 Å². The molecule has 0 spiro atoms. The maximum Gasteiger partial charge on any atom is 0.326 e. The number of thiol groups is 1. The fourth-order valence-electron chi connectivity index (χ4n) is 2.33. The first-order valence-corrected chi connectivity index (χ1v) is 8.65. The molecule has 1 saturated carbocycles. The molecule has 0 saturated heterocycles. The molecule has 9 nitrogen and oxygen atoms in total. The summed E-state index contributed by atoms with van der Waals surface area (Å²) in [5, 5.41) is 22.9. The van der Waals surface area contributed by atoms with Crippen LogP contribution in [0.5, 0.6) is 0 Å². The van der Waals surface area contributed by atoms with Crippen LogP contribution in [-0.2, 0) is 19.2 Å². The van der Waals surface area contributed by atoms with Crippen LogP contribution in [0.3, 0.4) is 0 Å². The molecule has 0 bridgehead atoms. The number of hydrogen-bond donors (Lipinski definition) is 6. The third-order valence-corrected chi connectivity index (χ3v) is 4.70. The van der Waals surface area contributed by atoms with Crippen molar-refractivity contribution in [3.05, 3.63) is 0 Å². The molecular formula is C15H25N3O6S. The van der Waals surface area contributed by atoms with Gasteiger partial charge in [-0.25, -0.2) is 4.79 Å². The van der Waals surface area contributed by atoms with E-state index in [1.165, 1.54) is 0 Å². The third-order valence-electron chi connectivity index (χ3n) is 4.34. The van der Waals surface area contributed by atoms with E-state index in [1.807, 2.05) is 0 Å². The molecule has 0 heterocycles. The molecule has 1 rings (SSSR count). The Morgan fingerprint density at radius 3 is 2.20 bits per heavy atom. The summed E-state index contributed by atoms with van der Waals surface area (Å²) < 4.78 is 0. The summed E-state index contributed by atoms with van der Waals surface area (Å²) >= 11 is 4.02. The zero-order valence-corrected chi connectivity index (χ0v) is 14.9. The molecular weight excluding hydrogens is 350 g/mol. The summed E-state index contributed by atoms with van der Waals surface area (Å²) in [5.74, 6) is -3.29. The van der Waals surface area contributed by atoms with E-state index < -0.39 is 47.3 Å². The van der Waals surface area contributed by atoms with Crippen molar-refractivity contribution in [2.45, 2.75) is 57.2 Å². The summed E-state index contributed by atoms with van der Waals surface area (Å²) in [4.78, 5) is 46.0. The van der Waals surface area contributed by atoms with Gasteiger partial charge >= 0.3 is 11.9 Å². The highest BCUT2D eigenvalue weighted by Gasteiger charge is 2.49. The van der Waals surface area contributed by atoms with E-state index in [1.54, 1.807) is 6.92 Å². The number of carboxylic acids is 2. The van der Waals surface area contributed by atoms with Gasteiger partial charge in [0.05, 0.1) is 0 Å². The Morgan fingerprint density at radius 2 is 1.76 bits per heavy atom. The molecule has 10 heteroatoms. The number of amides is 2. The average Bonchev–Trinajstić information content (AvgIpc) is 3.27. The summed E-state index contributed by atoms with van der Waals surface area (Å²) in [5.41, 5.74) is 4.89. The summed E-state index contributed by atoms with van der Waals surface area (Å²) in [6, 6.07) is -3.01. The van der Waals surface area contributed by atoms with Gasteiger partial charge in [0.2, 0.25) is 11.8 Å². The monoisotopic (exact) mass is 375 g/mol. The van der Waals surface area contributed by atoms with E-state index in [4.69, 9.17) is 10.8 Å². The number of carbonyl (C=O) groups excluding carboxylic acids is 2. The Morgan fingerprint density at radius 1 is 1.16 bits per heavy atom. The van der Waals surface area contributed by atoms with Crippen LogP contribution in [-0.4, -0.2) is 57.8 Å². The van der Waals surface area contributed by atoms with Gasteiger partial charge in [-0.15, -0.1) is 0 Å². The van der Waals surface area contributed by atoms with Crippen LogP contribution < -0.4 is 16.4 Å². The van der Waals surface area contributed by atoms with E-state index in [-0.39, 0.29) is 25.0 Å². The first-order valence-electron chi connectivity index (χ1n) is 8.02. The molecule has 0 aliphatic heterocycles. The first-order chi connectivity index (χ1) is 11.6. The molecule has 3 atom stereocenters. The second kappa shape index (κ2) is 9.04. The lowest BCUT2D eigenvalue weighted by atomic mass is 9.98. The van der Waals surface area contributed by atoms with E-state index >= 15 is 0 Å². The van der Waals surface area contributed by atoms with Gasteiger partial charge < -0.3 is 26.6 Å². The standard InChI is InChI=1S/C15H25N3O6S/c1-15(5-6-15)11(14(23)24)18-12(20)9(7-25)17-10(19)4-2-3-8(16)13(21)22/h8-9,11,25H,2-7,16H2,1H3,(H,17,19)(H,18,20)(H,21,22)(H,23,24)/t8-,9-,11-/m0/s1. The van der Waals surface area contributed by atoms with Gasteiger partial charge in [-0.05, 0) is 31.1 Å². The van der Waals surface area contributed by atoms with Gasteiger partial charge in [0.25, 0.3) is 0 Å². The number of aliphatic carboxylic acids is 2. The van der Waals surface area contributed by atoms with Crippen LogP contribution in [0.1, 0.15) is 39.0 Å². The Bertz CT molecular complexity index is 537. The van der Waals surface area contributed by atoms with Crippen molar-refractivity contribution >= 4 is 36.4 Å². The maximum atomic E-state index is 12.2. The van der Waals surface area contributed by atoms with Crippen molar-refractivity contribution in [3.63, 3.8) is 0 Å². The van der Waals surface area contributed by atoms with Crippen LogP contribution in [0, 0.1) is 5.41 Å². The number of nitrogens with two attached hydrogens (primary N) is 1. The summed E-state index contributed by atoms with van der Waals surface area (Å²) in [7, 11) is 0. The predicted molar refractivity (Wildman–Crippen MR) is 92.2 cm³/mol. The largest absolute Gasteiger partial charge is 0.480 e. The minimum Gasteiger partial charge on any atom is -0.480 e. The van der Waals surface area contributed by atoms with Gasteiger partial charge in [0.1, 0.15) is 18.1 Å².